The number of benzene rings is 2. The number of aromatic nitrogens is 2. The maximum absolute atomic E-state index is 12.5. The van der Waals surface area contributed by atoms with E-state index < -0.39 is 0 Å². The van der Waals surface area contributed by atoms with Gasteiger partial charge in [-0.25, -0.2) is 0 Å². The molecule has 1 heterocycles. The number of hydrogen-bond donors (Lipinski definition) is 2. The molecule has 0 radical (unpaired) electrons. The van der Waals surface area contributed by atoms with Crippen LogP contribution < -0.4 is 14.8 Å². The highest BCUT2D eigenvalue weighted by molar-refractivity contribution is 5.93. The third kappa shape index (κ3) is 4.71. The molecule has 0 spiro atoms. The van der Waals surface area contributed by atoms with Crippen molar-refractivity contribution in [3.05, 3.63) is 65.9 Å². The SMILES string of the molecule is COc1ccc(-c2cc(C(=O)NC(C)CCc3ccccc3)[nH]n2)c(OC)c1. The largest absolute Gasteiger partial charge is 0.497 e. The van der Waals surface area contributed by atoms with Crippen LogP contribution in [0.15, 0.2) is 54.6 Å². The summed E-state index contributed by atoms with van der Waals surface area (Å²) in [5.41, 5.74) is 3.11. The highest BCUT2D eigenvalue weighted by atomic mass is 16.5. The lowest BCUT2D eigenvalue weighted by Gasteiger charge is -2.13. The Morgan fingerprint density at radius 1 is 1.11 bits per heavy atom. The van der Waals surface area contributed by atoms with Crippen molar-refractivity contribution in [2.75, 3.05) is 14.2 Å². The Hall–Kier alpha value is -3.28. The van der Waals surface area contributed by atoms with Gasteiger partial charge in [0.15, 0.2) is 0 Å². The number of carbonyl (C=O) groups is 1. The zero-order chi connectivity index (χ0) is 19.9. The molecule has 0 aliphatic rings. The number of methoxy groups -OCH3 is 2. The Labute approximate surface area is 164 Å². The number of amides is 1. The summed E-state index contributed by atoms with van der Waals surface area (Å²) in [6.07, 6.45) is 1.78. The van der Waals surface area contributed by atoms with Gasteiger partial charge in [0.2, 0.25) is 0 Å². The number of nitrogens with zero attached hydrogens (tertiary/aromatic N) is 1. The first-order valence-corrected chi connectivity index (χ1v) is 9.23. The number of aromatic amines is 1. The van der Waals surface area contributed by atoms with E-state index in [0.717, 1.165) is 18.4 Å². The monoisotopic (exact) mass is 379 g/mol. The van der Waals surface area contributed by atoms with E-state index in [1.807, 2.05) is 37.3 Å². The second-order valence-electron chi connectivity index (χ2n) is 6.63. The van der Waals surface area contributed by atoms with Crippen LogP contribution in [0.5, 0.6) is 11.5 Å². The predicted octanol–water partition coefficient (Wildman–Crippen LogP) is 3.85. The Morgan fingerprint density at radius 3 is 2.61 bits per heavy atom. The molecule has 0 aliphatic carbocycles. The lowest BCUT2D eigenvalue weighted by atomic mass is 10.1. The Balaban J connectivity index is 1.64. The van der Waals surface area contributed by atoms with Gasteiger partial charge in [0.05, 0.1) is 19.9 Å². The first-order chi connectivity index (χ1) is 13.6. The fraction of sp³-hybridized carbons (Fsp3) is 0.273. The van der Waals surface area contributed by atoms with Gasteiger partial charge in [0.25, 0.3) is 5.91 Å². The van der Waals surface area contributed by atoms with Crippen molar-refractivity contribution < 1.29 is 14.3 Å². The maximum Gasteiger partial charge on any atom is 0.269 e. The molecule has 3 rings (SSSR count). The molecular weight excluding hydrogens is 354 g/mol. The third-order valence-corrected chi connectivity index (χ3v) is 4.59. The first kappa shape index (κ1) is 19.5. The molecule has 146 valence electrons. The van der Waals surface area contributed by atoms with Gasteiger partial charge in [-0.3, -0.25) is 9.89 Å². The summed E-state index contributed by atoms with van der Waals surface area (Å²) in [6, 6.07) is 17.5. The van der Waals surface area contributed by atoms with Gasteiger partial charge in [0.1, 0.15) is 17.2 Å². The van der Waals surface area contributed by atoms with Crippen molar-refractivity contribution in [3.8, 4) is 22.8 Å². The molecule has 2 aromatic carbocycles. The van der Waals surface area contributed by atoms with Crippen molar-refractivity contribution in [3.63, 3.8) is 0 Å². The molecule has 1 atom stereocenters. The number of hydrogen-bond acceptors (Lipinski definition) is 4. The number of carbonyl (C=O) groups excluding carboxylic acids is 1. The fourth-order valence-electron chi connectivity index (χ4n) is 2.99. The van der Waals surface area contributed by atoms with Crippen molar-refractivity contribution in [2.24, 2.45) is 0 Å². The minimum Gasteiger partial charge on any atom is -0.497 e. The number of nitrogens with one attached hydrogen (secondary N) is 2. The van der Waals surface area contributed by atoms with Gasteiger partial charge in [-0.1, -0.05) is 30.3 Å². The molecule has 3 aromatic rings. The average Bonchev–Trinajstić information content (AvgIpc) is 3.22. The fourth-order valence-corrected chi connectivity index (χ4v) is 2.99. The zero-order valence-corrected chi connectivity index (χ0v) is 16.4. The van der Waals surface area contributed by atoms with Crippen LogP contribution in [-0.2, 0) is 6.42 Å². The molecule has 0 fully saturated rings. The van der Waals surface area contributed by atoms with Crippen LogP contribution in [0.3, 0.4) is 0 Å². The highest BCUT2D eigenvalue weighted by Gasteiger charge is 2.16. The standard InChI is InChI=1S/C22H25N3O3/c1-15(9-10-16-7-5-4-6-8-16)23-22(26)20-14-19(24-25-20)18-12-11-17(27-2)13-21(18)28-3/h4-8,11-15H,9-10H2,1-3H3,(H,23,26)(H,24,25). The summed E-state index contributed by atoms with van der Waals surface area (Å²) < 4.78 is 10.6. The molecule has 0 saturated heterocycles. The van der Waals surface area contributed by atoms with E-state index in [9.17, 15) is 4.79 Å². The predicted molar refractivity (Wildman–Crippen MR) is 109 cm³/mol. The summed E-state index contributed by atoms with van der Waals surface area (Å²) in [7, 11) is 3.19. The zero-order valence-electron chi connectivity index (χ0n) is 16.4. The van der Waals surface area contributed by atoms with Crippen molar-refractivity contribution in [2.45, 2.75) is 25.8 Å². The molecule has 6 nitrogen and oxygen atoms in total. The second kappa shape index (κ2) is 9.08. The van der Waals surface area contributed by atoms with Crippen LogP contribution in [0.2, 0.25) is 0 Å². The van der Waals surface area contributed by atoms with Crippen LogP contribution in [0, 0.1) is 0 Å². The van der Waals surface area contributed by atoms with E-state index in [-0.39, 0.29) is 11.9 Å². The van der Waals surface area contributed by atoms with Gasteiger partial charge in [-0.15, -0.1) is 0 Å². The minimum atomic E-state index is -0.174. The molecule has 0 bridgehead atoms. The molecule has 2 N–H and O–H groups in total. The molecular formula is C22H25N3O3. The summed E-state index contributed by atoms with van der Waals surface area (Å²) in [6.45, 7) is 2.00. The van der Waals surface area contributed by atoms with Gasteiger partial charge in [-0.05, 0) is 43.5 Å². The van der Waals surface area contributed by atoms with Gasteiger partial charge >= 0.3 is 0 Å². The van der Waals surface area contributed by atoms with Crippen LogP contribution in [0.1, 0.15) is 29.4 Å². The Kier molecular flexibility index (Phi) is 6.32. The quantitative estimate of drug-likeness (QED) is 0.623. The summed E-state index contributed by atoms with van der Waals surface area (Å²) >= 11 is 0. The molecule has 1 aromatic heterocycles. The van der Waals surface area contributed by atoms with E-state index in [1.165, 1.54) is 5.56 Å². The molecule has 1 amide bonds. The summed E-state index contributed by atoms with van der Waals surface area (Å²) in [5, 5.41) is 10.1. The minimum absolute atomic E-state index is 0.0509. The number of aryl methyl sites for hydroxylation is 1. The van der Waals surface area contributed by atoms with Gasteiger partial charge in [-0.2, -0.15) is 5.10 Å². The molecule has 6 heteroatoms. The van der Waals surface area contributed by atoms with Crippen molar-refractivity contribution >= 4 is 5.91 Å². The summed E-state index contributed by atoms with van der Waals surface area (Å²) in [5.74, 6) is 1.15. The average molecular weight is 379 g/mol. The molecule has 1 unspecified atom stereocenters. The first-order valence-electron chi connectivity index (χ1n) is 9.23. The number of H-pyrrole nitrogens is 1. The molecule has 28 heavy (non-hydrogen) atoms. The van der Waals surface area contributed by atoms with E-state index in [1.54, 1.807) is 26.4 Å². The van der Waals surface area contributed by atoms with Gasteiger partial charge in [0, 0.05) is 17.7 Å². The van der Waals surface area contributed by atoms with E-state index >= 15 is 0 Å². The Morgan fingerprint density at radius 2 is 1.89 bits per heavy atom. The van der Waals surface area contributed by atoms with Crippen molar-refractivity contribution in [1.29, 1.82) is 0 Å². The van der Waals surface area contributed by atoms with Crippen LogP contribution in [-0.4, -0.2) is 36.4 Å². The van der Waals surface area contributed by atoms with E-state index in [0.29, 0.717) is 22.9 Å². The van der Waals surface area contributed by atoms with Crippen LogP contribution >= 0.6 is 0 Å². The number of ether oxygens (including phenoxy) is 2. The lowest BCUT2D eigenvalue weighted by Crippen LogP contribution is -2.33. The molecule has 0 aliphatic heterocycles. The van der Waals surface area contributed by atoms with Gasteiger partial charge < -0.3 is 14.8 Å². The number of rotatable bonds is 8. The Bertz CT molecular complexity index is 922. The smallest absolute Gasteiger partial charge is 0.269 e. The molecule has 0 saturated carbocycles. The second-order valence-corrected chi connectivity index (χ2v) is 6.63. The normalized spacial score (nSPS) is 11.7. The van der Waals surface area contributed by atoms with Crippen LogP contribution in [0.4, 0.5) is 0 Å². The topological polar surface area (TPSA) is 76.2 Å². The van der Waals surface area contributed by atoms with E-state index in [2.05, 4.69) is 27.6 Å². The highest BCUT2D eigenvalue weighted by Crippen LogP contribution is 2.32. The lowest BCUT2D eigenvalue weighted by molar-refractivity contribution is 0.0933. The van der Waals surface area contributed by atoms with Crippen molar-refractivity contribution in [1.82, 2.24) is 15.5 Å². The summed E-state index contributed by atoms with van der Waals surface area (Å²) in [4.78, 5) is 12.5. The van der Waals surface area contributed by atoms with E-state index in [4.69, 9.17) is 9.47 Å². The third-order valence-electron chi connectivity index (χ3n) is 4.59. The maximum atomic E-state index is 12.5. The van der Waals surface area contributed by atoms with Crippen LogP contribution in [0.25, 0.3) is 11.3 Å².